The highest BCUT2D eigenvalue weighted by Gasteiger charge is 2.23. The SMILES string of the molecule is C=C(C)Cc1c(N)nc(-c2ccc(Cl)c(OC)c2F)nc1C(=O)OC. The number of benzene rings is 1. The first-order valence-corrected chi connectivity index (χ1v) is 7.59. The summed E-state index contributed by atoms with van der Waals surface area (Å²) >= 11 is 5.89. The van der Waals surface area contributed by atoms with Gasteiger partial charge in [-0.3, -0.25) is 0 Å². The van der Waals surface area contributed by atoms with Gasteiger partial charge in [0.1, 0.15) is 5.82 Å². The summed E-state index contributed by atoms with van der Waals surface area (Å²) in [4.78, 5) is 20.3. The summed E-state index contributed by atoms with van der Waals surface area (Å²) < 4.78 is 24.3. The van der Waals surface area contributed by atoms with Crippen molar-refractivity contribution in [2.24, 2.45) is 0 Å². The molecule has 1 heterocycles. The number of ether oxygens (including phenoxy) is 2. The van der Waals surface area contributed by atoms with E-state index in [1.54, 1.807) is 6.92 Å². The van der Waals surface area contributed by atoms with E-state index in [0.717, 1.165) is 5.57 Å². The van der Waals surface area contributed by atoms with Crippen molar-refractivity contribution in [1.82, 2.24) is 9.97 Å². The fraction of sp³-hybridized carbons (Fsp3) is 0.235. The standard InChI is InChI=1S/C17H17ClFN3O3/c1-8(2)7-10-13(17(23)25-4)21-16(22-15(10)20)9-5-6-11(18)14(24-3)12(9)19/h5-6H,1,7H2,2-4H3,(H2,20,21,22). The number of carbonyl (C=O) groups is 1. The van der Waals surface area contributed by atoms with Crippen LogP contribution in [-0.4, -0.2) is 30.2 Å². The molecule has 0 spiro atoms. The van der Waals surface area contributed by atoms with Crippen LogP contribution in [0.5, 0.6) is 5.75 Å². The number of nitrogen functional groups attached to an aromatic ring is 1. The van der Waals surface area contributed by atoms with Gasteiger partial charge in [0.15, 0.2) is 23.1 Å². The molecule has 1 aromatic heterocycles. The number of allylic oxidation sites excluding steroid dienone is 1. The fourth-order valence-corrected chi connectivity index (χ4v) is 2.48. The molecule has 0 aliphatic carbocycles. The smallest absolute Gasteiger partial charge is 0.357 e. The Morgan fingerprint density at radius 3 is 2.60 bits per heavy atom. The lowest BCUT2D eigenvalue weighted by molar-refractivity contribution is 0.0593. The first-order chi connectivity index (χ1) is 11.8. The summed E-state index contributed by atoms with van der Waals surface area (Å²) in [5.74, 6) is -1.63. The van der Waals surface area contributed by atoms with Crippen LogP contribution in [0.2, 0.25) is 5.02 Å². The number of hydrogen-bond donors (Lipinski definition) is 1. The second kappa shape index (κ2) is 7.48. The molecule has 0 atom stereocenters. The zero-order valence-electron chi connectivity index (χ0n) is 14.0. The van der Waals surface area contributed by atoms with Gasteiger partial charge in [0.05, 0.1) is 24.8 Å². The highest BCUT2D eigenvalue weighted by atomic mass is 35.5. The second-order valence-corrected chi connectivity index (χ2v) is 5.73. The third-order valence-electron chi connectivity index (χ3n) is 3.39. The van der Waals surface area contributed by atoms with Crippen LogP contribution in [-0.2, 0) is 11.2 Å². The van der Waals surface area contributed by atoms with Crippen LogP contribution >= 0.6 is 11.6 Å². The van der Waals surface area contributed by atoms with Gasteiger partial charge in [-0.05, 0) is 25.5 Å². The van der Waals surface area contributed by atoms with Crippen LogP contribution < -0.4 is 10.5 Å². The van der Waals surface area contributed by atoms with E-state index in [1.807, 2.05) is 0 Å². The predicted molar refractivity (Wildman–Crippen MR) is 93.3 cm³/mol. The molecule has 0 aliphatic heterocycles. The Morgan fingerprint density at radius 1 is 1.36 bits per heavy atom. The van der Waals surface area contributed by atoms with Crippen molar-refractivity contribution < 1.29 is 18.7 Å². The van der Waals surface area contributed by atoms with Crippen molar-refractivity contribution in [3.63, 3.8) is 0 Å². The van der Waals surface area contributed by atoms with Gasteiger partial charge in [0.2, 0.25) is 0 Å². The molecule has 0 aliphatic rings. The van der Waals surface area contributed by atoms with Crippen LogP contribution in [0, 0.1) is 5.82 Å². The fourth-order valence-electron chi connectivity index (χ4n) is 2.26. The molecule has 0 saturated heterocycles. The van der Waals surface area contributed by atoms with Gasteiger partial charge in [-0.25, -0.2) is 19.2 Å². The van der Waals surface area contributed by atoms with Gasteiger partial charge in [-0.1, -0.05) is 23.8 Å². The lowest BCUT2D eigenvalue weighted by Gasteiger charge is -2.13. The van der Waals surface area contributed by atoms with E-state index in [9.17, 15) is 9.18 Å². The Labute approximate surface area is 149 Å². The topological polar surface area (TPSA) is 87.3 Å². The number of anilines is 1. The van der Waals surface area contributed by atoms with Gasteiger partial charge >= 0.3 is 5.97 Å². The van der Waals surface area contributed by atoms with Crippen molar-refractivity contribution in [2.45, 2.75) is 13.3 Å². The van der Waals surface area contributed by atoms with Crippen LogP contribution in [0.1, 0.15) is 23.0 Å². The Bertz CT molecular complexity index is 856. The number of methoxy groups -OCH3 is 2. The molecule has 0 saturated carbocycles. The summed E-state index contributed by atoms with van der Waals surface area (Å²) in [6.45, 7) is 5.57. The molecule has 0 bridgehead atoms. The van der Waals surface area contributed by atoms with Crippen LogP contribution in [0.3, 0.4) is 0 Å². The Morgan fingerprint density at radius 2 is 2.04 bits per heavy atom. The van der Waals surface area contributed by atoms with Crippen molar-refractivity contribution >= 4 is 23.4 Å². The zero-order chi connectivity index (χ0) is 18.7. The Hall–Kier alpha value is -2.67. The van der Waals surface area contributed by atoms with Crippen LogP contribution in [0.15, 0.2) is 24.3 Å². The highest BCUT2D eigenvalue weighted by Crippen LogP contribution is 2.34. The van der Waals surface area contributed by atoms with E-state index in [2.05, 4.69) is 16.5 Å². The molecule has 2 rings (SSSR count). The molecule has 0 fully saturated rings. The van der Waals surface area contributed by atoms with E-state index in [0.29, 0.717) is 12.0 Å². The molecule has 0 unspecified atom stereocenters. The molecular weight excluding hydrogens is 349 g/mol. The average molecular weight is 366 g/mol. The van der Waals surface area contributed by atoms with Crippen molar-refractivity contribution in [2.75, 3.05) is 20.0 Å². The van der Waals surface area contributed by atoms with E-state index in [1.165, 1.54) is 26.4 Å². The number of nitrogens with two attached hydrogens (primary N) is 1. The van der Waals surface area contributed by atoms with E-state index < -0.39 is 11.8 Å². The maximum atomic E-state index is 14.6. The molecule has 132 valence electrons. The largest absolute Gasteiger partial charge is 0.492 e. The number of aromatic nitrogens is 2. The van der Waals surface area contributed by atoms with E-state index >= 15 is 0 Å². The van der Waals surface area contributed by atoms with Gasteiger partial charge in [-0.15, -0.1) is 0 Å². The molecule has 1 aromatic carbocycles. The lowest BCUT2D eigenvalue weighted by Crippen LogP contribution is -2.14. The van der Waals surface area contributed by atoms with Crippen molar-refractivity contribution in [3.8, 4) is 17.1 Å². The average Bonchev–Trinajstić information content (AvgIpc) is 2.56. The molecular formula is C17H17ClFN3O3. The zero-order valence-corrected chi connectivity index (χ0v) is 14.8. The molecule has 8 heteroatoms. The summed E-state index contributed by atoms with van der Waals surface area (Å²) in [7, 11) is 2.51. The number of halogens is 2. The molecule has 0 radical (unpaired) electrons. The quantitative estimate of drug-likeness (QED) is 0.645. The van der Waals surface area contributed by atoms with E-state index in [-0.39, 0.29) is 33.7 Å². The molecule has 2 N–H and O–H groups in total. The first-order valence-electron chi connectivity index (χ1n) is 7.21. The van der Waals surface area contributed by atoms with Crippen LogP contribution in [0.25, 0.3) is 11.4 Å². The number of esters is 1. The van der Waals surface area contributed by atoms with Crippen molar-refractivity contribution in [1.29, 1.82) is 0 Å². The monoisotopic (exact) mass is 365 g/mol. The predicted octanol–water partition coefficient (Wildman–Crippen LogP) is 3.43. The maximum Gasteiger partial charge on any atom is 0.357 e. The minimum absolute atomic E-state index is 0.0000203. The third kappa shape index (κ3) is 3.71. The van der Waals surface area contributed by atoms with Gasteiger partial charge in [0.25, 0.3) is 0 Å². The number of nitrogens with zero attached hydrogens (tertiary/aromatic N) is 2. The minimum atomic E-state index is -0.752. The minimum Gasteiger partial charge on any atom is -0.492 e. The van der Waals surface area contributed by atoms with Gasteiger partial charge in [0, 0.05) is 5.56 Å². The van der Waals surface area contributed by atoms with Crippen molar-refractivity contribution in [3.05, 3.63) is 46.4 Å². The third-order valence-corrected chi connectivity index (χ3v) is 3.69. The van der Waals surface area contributed by atoms with E-state index in [4.69, 9.17) is 26.8 Å². The van der Waals surface area contributed by atoms with Gasteiger partial charge in [-0.2, -0.15) is 0 Å². The summed E-state index contributed by atoms with van der Waals surface area (Å²) in [6, 6.07) is 2.83. The normalized spacial score (nSPS) is 10.4. The van der Waals surface area contributed by atoms with Crippen LogP contribution in [0.4, 0.5) is 10.2 Å². The number of rotatable bonds is 5. The molecule has 2 aromatic rings. The molecule has 25 heavy (non-hydrogen) atoms. The Kier molecular flexibility index (Phi) is 5.58. The first kappa shape index (κ1) is 18.7. The second-order valence-electron chi connectivity index (χ2n) is 5.33. The van der Waals surface area contributed by atoms with Gasteiger partial charge < -0.3 is 15.2 Å². The molecule has 0 amide bonds. The number of hydrogen-bond acceptors (Lipinski definition) is 6. The Balaban J connectivity index is 2.70. The lowest BCUT2D eigenvalue weighted by atomic mass is 10.1. The maximum absolute atomic E-state index is 14.6. The summed E-state index contributed by atoms with van der Waals surface area (Å²) in [6.07, 6.45) is 0.295. The molecule has 6 nitrogen and oxygen atoms in total. The summed E-state index contributed by atoms with van der Waals surface area (Å²) in [5.41, 5.74) is 7.07. The highest BCUT2D eigenvalue weighted by molar-refractivity contribution is 6.32. The summed E-state index contributed by atoms with van der Waals surface area (Å²) in [5, 5.41) is 0.101. The number of carbonyl (C=O) groups excluding carboxylic acids is 1.